The van der Waals surface area contributed by atoms with Gasteiger partial charge in [-0.25, -0.2) is 0 Å². The third kappa shape index (κ3) is 4.15. The molecule has 3 rings (SSSR count). The maximum absolute atomic E-state index is 12.8. The number of aromatic nitrogens is 2. The van der Waals surface area contributed by atoms with Crippen molar-refractivity contribution in [1.29, 1.82) is 0 Å². The highest BCUT2D eigenvalue weighted by atomic mass is 16.5. The van der Waals surface area contributed by atoms with Gasteiger partial charge in [0.05, 0.1) is 5.92 Å². The zero-order valence-electron chi connectivity index (χ0n) is 15.2. The number of aryl methyl sites for hydroxylation is 1. The SMILES string of the molecule is Cc1nc(CC2CCN(C(=O)[C@H]3CCCN(C(C)C)C3)CC2)no1. The molecule has 0 unspecified atom stereocenters. The van der Waals surface area contributed by atoms with Crippen LogP contribution < -0.4 is 0 Å². The van der Waals surface area contributed by atoms with Gasteiger partial charge < -0.3 is 14.3 Å². The van der Waals surface area contributed by atoms with Crippen molar-refractivity contribution < 1.29 is 9.32 Å². The topological polar surface area (TPSA) is 62.5 Å². The minimum absolute atomic E-state index is 0.192. The van der Waals surface area contributed by atoms with E-state index in [1.165, 1.54) is 0 Å². The number of carbonyl (C=O) groups is 1. The Bertz CT molecular complexity index is 549. The molecule has 24 heavy (non-hydrogen) atoms. The Hall–Kier alpha value is -1.43. The van der Waals surface area contributed by atoms with Crippen LogP contribution in [0.2, 0.25) is 0 Å². The van der Waals surface area contributed by atoms with Crippen LogP contribution in [-0.4, -0.2) is 58.1 Å². The largest absolute Gasteiger partial charge is 0.342 e. The van der Waals surface area contributed by atoms with E-state index in [2.05, 4.69) is 33.8 Å². The Labute approximate surface area is 144 Å². The van der Waals surface area contributed by atoms with Crippen LogP contribution in [0.25, 0.3) is 0 Å². The first-order chi connectivity index (χ1) is 11.5. The summed E-state index contributed by atoms with van der Waals surface area (Å²) in [7, 11) is 0. The Balaban J connectivity index is 1.48. The Morgan fingerprint density at radius 3 is 2.62 bits per heavy atom. The standard InChI is InChI=1S/C18H30N4O2/c1-13(2)22-8-4-5-16(12-22)18(23)21-9-6-15(7-10-21)11-17-19-14(3)24-20-17/h13,15-16H,4-12H2,1-3H3/t16-/m0/s1. The Morgan fingerprint density at radius 1 is 1.25 bits per heavy atom. The van der Waals surface area contributed by atoms with Crippen molar-refractivity contribution in [3.05, 3.63) is 11.7 Å². The van der Waals surface area contributed by atoms with Crippen LogP contribution in [0.5, 0.6) is 0 Å². The number of nitrogens with zero attached hydrogens (tertiary/aromatic N) is 4. The minimum Gasteiger partial charge on any atom is -0.342 e. The lowest BCUT2D eigenvalue weighted by Crippen LogP contribution is -2.48. The molecule has 1 aromatic heterocycles. The van der Waals surface area contributed by atoms with Gasteiger partial charge in [-0.05, 0) is 52.0 Å². The number of hydrogen-bond acceptors (Lipinski definition) is 5. The van der Waals surface area contributed by atoms with E-state index in [-0.39, 0.29) is 5.92 Å². The van der Waals surface area contributed by atoms with E-state index in [9.17, 15) is 4.79 Å². The summed E-state index contributed by atoms with van der Waals surface area (Å²) in [6, 6.07) is 0.532. The van der Waals surface area contributed by atoms with Crippen molar-refractivity contribution in [3.63, 3.8) is 0 Å². The number of amides is 1. The number of likely N-dealkylation sites (tertiary alicyclic amines) is 2. The van der Waals surface area contributed by atoms with Crippen molar-refractivity contribution >= 4 is 5.91 Å². The molecule has 6 heteroatoms. The maximum Gasteiger partial charge on any atom is 0.226 e. The summed E-state index contributed by atoms with van der Waals surface area (Å²) in [6.45, 7) is 10.1. The molecule has 3 heterocycles. The lowest BCUT2D eigenvalue weighted by molar-refractivity contribution is -0.139. The molecule has 0 aromatic carbocycles. The molecule has 0 N–H and O–H groups in total. The van der Waals surface area contributed by atoms with Crippen LogP contribution >= 0.6 is 0 Å². The third-order valence-electron chi connectivity index (χ3n) is 5.50. The fourth-order valence-corrected chi connectivity index (χ4v) is 3.98. The van der Waals surface area contributed by atoms with Crippen molar-refractivity contribution in [2.75, 3.05) is 26.2 Å². The van der Waals surface area contributed by atoms with Gasteiger partial charge in [-0.1, -0.05) is 5.16 Å². The number of carbonyl (C=O) groups excluding carboxylic acids is 1. The first-order valence-electron chi connectivity index (χ1n) is 9.35. The highest BCUT2D eigenvalue weighted by molar-refractivity contribution is 5.79. The van der Waals surface area contributed by atoms with Crippen molar-refractivity contribution in [2.24, 2.45) is 11.8 Å². The molecule has 1 atom stereocenters. The van der Waals surface area contributed by atoms with E-state index in [0.717, 1.165) is 64.1 Å². The quantitative estimate of drug-likeness (QED) is 0.845. The fourth-order valence-electron chi connectivity index (χ4n) is 3.98. The second-order valence-electron chi connectivity index (χ2n) is 7.63. The van der Waals surface area contributed by atoms with Crippen molar-refractivity contribution in [3.8, 4) is 0 Å². The predicted molar refractivity (Wildman–Crippen MR) is 91.5 cm³/mol. The average Bonchev–Trinajstić information content (AvgIpc) is 3.00. The summed E-state index contributed by atoms with van der Waals surface area (Å²) in [5.41, 5.74) is 0. The van der Waals surface area contributed by atoms with E-state index in [0.29, 0.717) is 23.8 Å². The first-order valence-corrected chi connectivity index (χ1v) is 9.35. The van der Waals surface area contributed by atoms with Crippen LogP contribution in [0, 0.1) is 18.8 Å². The monoisotopic (exact) mass is 334 g/mol. The molecule has 2 aliphatic rings. The maximum atomic E-state index is 12.8. The highest BCUT2D eigenvalue weighted by Gasteiger charge is 2.32. The lowest BCUT2D eigenvalue weighted by Gasteiger charge is -2.39. The minimum atomic E-state index is 0.192. The Kier molecular flexibility index (Phi) is 5.54. The molecule has 2 fully saturated rings. The summed E-state index contributed by atoms with van der Waals surface area (Å²) in [5.74, 6) is 2.55. The molecule has 2 aliphatic heterocycles. The molecule has 1 amide bonds. The second kappa shape index (κ2) is 7.64. The zero-order valence-corrected chi connectivity index (χ0v) is 15.2. The smallest absolute Gasteiger partial charge is 0.226 e. The van der Waals surface area contributed by atoms with Gasteiger partial charge in [0.25, 0.3) is 0 Å². The normalized spacial score (nSPS) is 23.8. The van der Waals surface area contributed by atoms with Gasteiger partial charge in [-0.15, -0.1) is 0 Å². The van der Waals surface area contributed by atoms with E-state index in [4.69, 9.17) is 4.52 Å². The van der Waals surface area contributed by atoms with E-state index >= 15 is 0 Å². The van der Waals surface area contributed by atoms with Crippen LogP contribution in [0.1, 0.15) is 51.2 Å². The lowest BCUT2D eigenvalue weighted by atomic mass is 9.90. The van der Waals surface area contributed by atoms with Gasteiger partial charge in [-0.2, -0.15) is 4.98 Å². The highest BCUT2D eigenvalue weighted by Crippen LogP contribution is 2.25. The van der Waals surface area contributed by atoms with Gasteiger partial charge in [0.2, 0.25) is 11.8 Å². The fraction of sp³-hybridized carbons (Fsp3) is 0.833. The molecule has 1 aromatic rings. The number of hydrogen-bond donors (Lipinski definition) is 0. The van der Waals surface area contributed by atoms with E-state index < -0.39 is 0 Å². The second-order valence-corrected chi connectivity index (χ2v) is 7.63. The van der Waals surface area contributed by atoms with Gasteiger partial charge in [0, 0.05) is 39.0 Å². The summed E-state index contributed by atoms with van der Waals surface area (Å²) < 4.78 is 5.04. The van der Waals surface area contributed by atoms with Gasteiger partial charge in [0.1, 0.15) is 0 Å². The molecule has 0 radical (unpaired) electrons. The molecule has 2 saturated heterocycles. The Morgan fingerprint density at radius 2 is 2.00 bits per heavy atom. The number of piperidine rings is 2. The molecular weight excluding hydrogens is 304 g/mol. The van der Waals surface area contributed by atoms with Gasteiger partial charge in [0.15, 0.2) is 5.82 Å². The van der Waals surface area contributed by atoms with Crippen LogP contribution in [0.3, 0.4) is 0 Å². The molecular formula is C18H30N4O2. The van der Waals surface area contributed by atoms with Crippen LogP contribution in [-0.2, 0) is 11.2 Å². The van der Waals surface area contributed by atoms with Crippen molar-refractivity contribution in [1.82, 2.24) is 19.9 Å². The predicted octanol–water partition coefficient (Wildman–Crippen LogP) is 2.28. The summed E-state index contributed by atoms with van der Waals surface area (Å²) in [4.78, 5) is 21.7. The van der Waals surface area contributed by atoms with Crippen LogP contribution in [0.4, 0.5) is 0 Å². The molecule has 0 aliphatic carbocycles. The van der Waals surface area contributed by atoms with E-state index in [1.807, 2.05) is 6.92 Å². The van der Waals surface area contributed by atoms with Crippen LogP contribution in [0.15, 0.2) is 4.52 Å². The molecule has 6 nitrogen and oxygen atoms in total. The molecule has 0 bridgehead atoms. The van der Waals surface area contributed by atoms with E-state index in [1.54, 1.807) is 0 Å². The third-order valence-corrected chi connectivity index (χ3v) is 5.50. The average molecular weight is 334 g/mol. The van der Waals surface area contributed by atoms with Crippen molar-refractivity contribution in [2.45, 2.75) is 58.9 Å². The zero-order chi connectivity index (χ0) is 17.1. The van der Waals surface area contributed by atoms with Gasteiger partial charge in [-0.3, -0.25) is 4.79 Å². The summed E-state index contributed by atoms with van der Waals surface area (Å²) >= 11 is 0. The first kappa shape index (κ1) is 17.4. The number of rotatable bonds is 4. The molecule has 0 spiro atoms. The van der Waals surface area contributed by atoms with Gasteiger partial charge >= 0.3 is 0 Å². The molecule has 0 saturated carbocycles. The summed E-state index contributed by atoms with van der Waals surface area (Å²) in [6.07, 6.45) is 5.14. The summed E-state index contributed by atoms with van der Waals surface area (Å²) in [5, 5.41) is 3.99. The molecule has 134 valence electrons.